The van der Waals surface area contributed by atoms with Crippen molar-refractivity contribution in [2.45, 2.75) is 6.42 Å². The van der Waals surface area contributed by atoms with Crippen LogP contribution in [0.25, 0.3) is 0 Å². The van der Waals surface area contributed by atoms with Gasteiger partial charge in [-0.15, -0.1) is 0 Å². The molecule has 0 radical (unpaired) electrons. The Labute approximate surface area is 133 Å². The zero-order chi connectivity index (χ0) is 14.5. The van der Waals surface area contributed by atoms with E-state index in [0.29, 0.717) is 17.4 Å². The molecule has 0 aliphatic carbocycles. The minimum absolute atomic E-state index is 0.0477. The van der Waals surface area contributed by atoms with Crippen LogP contribution in [0.4, 0.5) is 4.39 Å². The maximum absolute atomic E-state index is 13.5. The van der Waals surface area contributed by atoms with Crippen molar-refractivity contribution in [1.29, 1.82) is 0 Å². The molecule has 0 aliphatic rings. The van der Waals surface area contributed by atoms with Gasteiger partial charge in [0, 0.05) is 15.5 Å². The molecule has 0 fully saturated rings. The van der Waals surface area contributed by atoms with Crippen LogP contribution >= 0.6 is 31.9 Å². The highest BCUT2D eigenvalue weighted by Gasteiger charge is 2.11. The molecular formula is C15H12Br2FNO. The van der Waals surface area contributed by atoms with Gasteiger partial charge in [0.1, 0.15) is 5.82 Å². The molecule has 2 aromatic rings. The van der Waals surface area contributed by atoms with Crippen molar-refractivity contribution in [3.63, 3.8) is 0 Å². The number of hydrogen-bond donors (Lipinski definition) is 1. The number of rotatable bonds is 4. The molecule has 104 valence electrons. The smallest absolute Gasteiger partial charge is 0.254 e. The third kappa shape index (κ3) is 3.90. The Hall–Kier alpha value is -1.20. The van der Waals surface area contributed by atoms with Crippen LogP contribution in [0.2, 0.25) is 0 Å². The lowest BCUT2D eigenvalue weighted by Crippen LogP contribution is -2.26. The molecule has 2 nitrogen and oxygen atoms in total. The van der Waals surface area contributed by atoms with E-state index in [1.807, 2.05) is 24.3 Å². The van der Waals surface area contributed by atoms with E-state index < -0.39 is 11.7 Å². The summed E-state index contributed by atoms with van der Waals surface area (Å²) in [4.78, 5) is 11.9. The van der Waals surface area contributed by atoms with Crippen molar-refractivity contribution >= 4 is 37.8 Å². The van der Waals surface area contributed by atoms with E-state index in [-0.39, 0.29) is 5.56 Å². The van der Waals surface area contributed by atoms with Crippen molar-refractivity contribution in [2.75, 3.05) is 6.54 Å². The SMILES string of the molecule is O=C(NCCc1ccccc1Br)c1cc(Br)ccc1F. The van der Waals surface area contributed by atoms with E-state index in [1.165, 1.54) is 12.1 Å². The van der Waals surface area contributed by atoms with Crippen molar-refractivity contribution < 1.29 is 9.18 Å². The van der Waals surface area contributed by atoms with Crippen LogP contribution in [0.1, 0.15) is 15.9 Å². The maximum atomic E-state index is 13.5. The largest absolute Gasteiger partial charge is 0.352 e. The van der Waals surface area contributed by atoms with Crippen LogP contribution in [0.5, 0.6) is 0 Å². The second-order valence-corrected chi connectivity index (χ2v) is 5.99. The van der Waals surface area contributed by atoms with Crippen LogP contribution in [0.3, 0.4) is 0 Å². The van der Waals surface area contributed by atoms with Crippen molar-refractivity contribution in [3.8, 4) is 0 Å². The molecule has 0 bridgehead atoms. The molecule has 1 amide bonds. The van der Waals surface area contributed by atoms with Gasteiger partial charge in [-0.25, -0.2) is 4.39 Å². The van der Waals surface area contributed by atoms with Gasteiger partial charge in [0.05, 0.1) is 5.56 Å². The Bertz CT molecular complexity index is 631. The normalized spacial score (nSPS) is 10.3. The third-order valence-electron chi connectivity index (χ3n) is 2.81. The second-order valence-electron chi connectivity index (χ2n) is 4.22. The molecule has 0 unspecified atom stereocenters. The number of carbonyl (C=O) groups is 1. The van der Waals surface area contributed by atoms with E-state index in [1.54, 1.807) is 6.07 Å². The van der Waals surface area contributed by atoms with Gasteiger partial charge in [0.15, 0.2) is 0 Å². The quantitative estimate of drug-likeness (QED) is 0.813. The van der Waals surface area contributed by atoms with Crippen molar-refractivity contribution in [2.24, 2.45) is 0 Å². The number of hydrogen-bond acceptors (Lipinski definition) is 1. The van der Waals surface area contributed by atoms with Crippen LogP contribution in [-0.2, 0) is 6.42 Å². The maximum Gasteiger partial charge on any atom is 0.254 e. The van der Waals surface area contributed by atoms with Gasteiger partial charge >= 0.3 is 0 Å². The Balaban J connectivity index is 1.96. The fourth-order valence-electron chi connectivity index (χ4n) is 1.78. The number of nitrogens with one attached hydrogen (secondary N) is 1. The lowest BCUT2D eigenvalue weighted by molar-refractivity contribution is 0.0950. The zero-order valence-corrected chi connectivity index (χ0v) is 13.7. The van der Waals surface area contributed by atoms with Gasteiger partial charge < -0.3 is 5.32 Å². The number of amides is 1. The molecule has 0 heterocycles. The summed E-state index contributed by atoms with van der Waals surface area (Å²) in [5.41, 5.74) is 1.15. The molecule has 5 heteroatoms. The van der Waals surface area contributed by atoms with Crippen LogP contribution in [0.15, 0.2) is 51.4 Å². The Morgan fingerprint density at radius 2 is 1.90 bits per heavy atom. The van der Waals surface area contributed by atoms with Crippen molar-refractivity contribution in [3.05, 3.63) is 68.4 Å². The summed E-state index contributed by atoms with van der Waals surface area (Å²) < 4.78 is 15.2. The first-order valence-corrected chi connectivity index (χ1v) is 7.63. The van der Waals surface area contributed by atoms with E-state index in [9.17, 15) is 9.18 Å². The summed E-state index contributed by atoms with van der Waals surface area (Å²) in [7, 11) is 0. The lowest BCUT2D eigenvalue weighted by atomic mass is 10.1. The number of carbonyl (C=O) groups excluding carboxylic acids is 1. The monoisotopic (exact) mass is 399 g/mol. The first kappa shape index (κ1) is 15.2. The second kappa shape index (κ2) is 6.99. The fraction of sp³-hybridized carbons (Fsp3) is 0.133. The van der Waals surface area contributed by atoms with Gasteiger partial charge in [-0.1, -0.05) is 50.1 Å². The minimum atomic E-state index is -0.522. The van der Waals surface area contributed by atoms with E-state index >= 15 is 0 Å². The Morgan fingerprint density at radius 3 is 2.65 bits per heavy atom. The summed E-state index contributed by atoms with van der Waals surface area (Å²) in [6.45, 7) is 0.452. The standard InChI is InChI=1S/C15H12Br2FNO/c16-11-5-6-14(18)12(9-11)15(20)19-8-7-10-3-1-2-4-13(10)17/h1-6,9H,7-8H2,(H,19,20). The van der Waals surface area contributed by atoms with Gasteiger partial charge in [0.25, 0.3) is 5.91 Å². The number of halogens is 3. The summed E-state index contributed by atoms with van der Waals surface area (Å²) in [5.74, 6) is -0.928. The average molecular weight is 401 g/mol. The van der Waals surface area contributed by atoms with Gasteiger partial charge in [-0.3, -0.25) is 4.79 Å². The van der Waals surface area contributed by atoms with Crippen LogP contribution in [-0.4, -0.2) is 12.5 Å². The summed E-state index contributed by atoms with van der Waals surface area (Å²) >= 11 is 6.68. The highest BCUT2D eigenvalue weighted by molar-refractivity contribution is 9.10. The first-order valence-electron chi connectivity index (χ1n) is 6.04. The predicted octanol–water partition coefficient (Wildman–Crippen LogP) is 4.32. The average Bonchev–Trinajstić information content (AvgIpc) is 2.43. The molecule has 1 N–H and O–H groups in total. The van der Waals surface area contributed by atoms with Crippen LogP contribution < -0.4 is 5.32 Å². The molecule has 0 aliphatic heterocycles. The third-order valence-corrected chi connectivity index (χ3v) is 4.08. The molecule has 20 heavy (non-hydrogen) atoms. The summed E-state index contributed by atoms with van der Waals surface area (Å²) in [6, 6.07) is 12.1. The van der Waals surface area contributed by atoms with Crippen molar-refractivity contribution in [1.82, 2.24) is 5.32 Å². The van der Waals surface area contributed by atoms with E-state index in [4.69, 9.17) is 0 Å². The molecule has 0 spiro atoms. The highest BCUT2D eigenvalue weighted by Crippen LogP contribution is 2.17. The molecular weight excluding hydrogens is 389 g/mol. The number of benzene rings is 2. The lowest BCUT2D eigenvalue weighted by Gasteiger charge is -2.08. The molecule has 0 saturated heterocycles. The zero-order valence-electron chi connectivity index (χ0n) is 10.5. The molecule has 0 saturated carbocycles. The van der Waals surface area contributed by atoms with Gasteiger partial charge in [-0.05, 0) is 36.2 Å². The minimum Gasteiger partial charge on any atom is -0.352 e. The van der Waals surface area contributed by atoms with Crippen LogP contribution in [0, 0.1) is 5.82 Å². The topological polar surface area (TPSA) is 29.1 Å². The predicted molar refractivity (Wildman–Crippen MR) is 84.3 cm³/mol. The van der Waals surface area contributed by atoms with E-state index in [2.05, 4.69) is 37.2 Å². The molecule has 2 aromatic carbocycles. The van der Waals surface area contributed by atoms with Gasteiger partial charge in [-0.2, -0.15) is 0 Å². The molecule has 2 rings (SSSR count). The highest BCUT2D eigenvalue weighted by atomic mass is 79.9. The molecule has 0 atom stereocenters. The first-order chi connectivity index (χ1) is 9.58. The summed E-state index contributed by atoms with van der Waals surface area (Å²) in [6.07, 6.45) is 0.683. The molecule has 0 aromatic heterocycles. The van der Waals surface area contributed by atoms with Gasteiger partial charge in [0.2, 0.25) is 0 Å². The fourth-order valence-corrected chi connectivity index (χ4v) is 2.62. The van der Waals surface area contributed by atoms with E-state index in [0.717, 1.165) is 10.0 Å². The Morgan fingerprint density at radius 1 is 1.15 bits per heavy atom. The summed E-state index contributed by atoms with van der Waals surface area (Å²) in [5, 5.41) is 2.72. The Kier molecular flexibility index (Phi) is 5.31.